The lowest BCUT2D eigenvalue weighted by molar-refractivity contribution is 0.553. The first-order valence-electron chi connectivity index (χ1n) is 5.38. The summed E-state index contributed by atoms with van der Waals surface area (Å²) in [5.74, 6) is 0.608. The molecule has 0 spiro atoms. The summed E-state index contributed by atoms with van der Waals surface area (Å²) in [6, 6.07) is -0.157. The molecule has 0 aliphatic heterocycles. The third-order valence-electron chi connectivity index (χ3n) is 2.02. The van der Waals surface area contributed by atoms with Crippen LogP contribution in [0.25, 0.3) is 0 Å². The molecule has 0 amide bonds. The van der Waals surface area contributed by atoms with E-state index >= 15 is 0 Å². The minimum Gasteiger partial charge on any atom is -0.316 e. The van der Waals surface area contributed by atoms with E-state index in [-0.39, 0.29) is 11.8 Å². The van der Waals surface area contributed by atoms with Crippen LogP contribution in [0.15, 0.2) is 0 Å². The second kappa shape index (κ2) is 8.16. The molecule has 0 aliphatic rings. The average molecular weight is 270 g/mol. The Hall–Kier alpha value is 0.0200. The van der Waals surface area contributed by atoms with Gasteiger partial charge in [-0.05, 0) is 19.9 Å². The molecule has 2 atom stereocenters. The van der Waals surface area contributed by atoms with Crippen molar-refractivity contribution < 1.29 is 12.6 Å². The molecule has 98 valence electrons. The highest BCUT2D eigenvalue weighted by atomic mass is 32.2. The summed E-state index contributed by atoms with van der Waals surface area (Å²) in [6.45, 7) is 4.94. The molecule has 7 heteroatoms. The van der Waals surface area contributed by atoms with E-state index in [1.807, 2.05) is 6.92 Å². The van der Waals surface area contributed by atoms with Crippen molar-refractivity contribution >= 4 is 20.8 Å². The number of nitrogens with one attached hydrogen (secondary N) is 2. The molecular weight excluding hydrogens is 248 g/mol. The molecule has 0 aromatic rings. The van der Waals surface area contributed by atoms with Crippen LogP contribution in [0.1, 0.15) is 20.3 Å². The van der Waals surface area contributed by atoms with E-state index in [2.05, 4.69) is 10.0 Å². The SMILES string of the molecule is CCNCCS(=O)(=O)NC(C)CCS(C)=O. The summed E-state index contributed by atoms with van der Waals surface area (Å²) >= 11 is 0. The van der Waals surface area contributed by atoms with E-state index in [0.29, 0.717) is 18.7 Å². The topological polar surface area (TPSA) is 75.3 Å². The van der Waals surface area contributed by atoms with E-state index in [0.717, 1.165) is 6.54 Å². The van der Waals surface area contributed by atoms with Crippen LogP contribution in [0.3, 0.4) is 0 Å². The van der Waals surface area contributed by atoms with Crippen molar-refractivity contribution in [2.24, 2.45) is 0 Å². The number of sulfonamides is 1. The Balaban J connectivity index is 3.90. The van der Waals surface area contributed by atoms with E-state index in [1.54, 1.807) is 13.2 Å². The first-order chi connectivity index (χ1) is 7.37. The van der Waals surface area contributed by atoms with Gasteiger partial charge in [0.25, 0.3) is 0 Å². The van der Waals surface area contributed by atoms with Gasteiger partial charge in [-0.2, -0.15) is 0 Å². The molecule has 0 aromatic heterocycles. The normalized spacial score (nSPS) is 15.9. The molecule has 0 saturated heterocycles. The zero-order chi connectivity index (χ0) is 12.6. The Morgan fingerprint density at radius 1 is 1.38 bits per heavy atom. The fourth-order valence-electron chi connectivity index (χ4n) is 1.15. The molecule has 5 nitrogen and oxygen atoms in total. The summed E-state index contributed by atoms with van der Waals surface area (Å²) in [7, 11) is -4.08. The predicted octanol–water partition coefficient (Wildman–Crippen LogP) is -0.328. The summed E-state index contributed by atoms with van der Waals surface area (Å²) < 4.78 is 36.5. The fraction of sp³-hybridized carbons (Fsp3) is 1.00. The quantitative estimate of drug-likeness (QED) is 0.563. The van der Waals surface area contributed by atoms with Crippen LogP contribution < -0.4 is 10.0 Å². The second-order valence-corrected chi connectivity index (χ2v) is 7.19. The molecule has 0 bridgehead atoms. The van der Waals surface area contributed by atoms with E-state index in [9.17, 15) is 12.6 Å². The van der Waals surface area contributed by atoms with E-state index < -0.39 is 20.8 Å². The minimum absolute atomic E-state index is 0.0837. The smallest absolute Gasteiger partial charge is 0.213 e. The van der Waals surface area contributed by atoms with Crippen molar-refractivity contribution in [3.8, 4) is 0 Å². The predicted molar refractivity (Wildman–Crippen MR) is 68.5 cm³/mol. The van der Waals surface area contributed by atoms with Gasteiger partial charge in [-0.3, -0.25) is 4.21 Å². The van der Waals surface area contributed by atoms with Crippen LogP contribution in [0.5, 0.6) is 0 Å². The molecule has 0 saturated carbocycles. The molecule has 0 aromatic carbocycles. The highest BCUT2D eigenvalue weighted by Crippen LogP contribution is 1.96. The summed E-state index contributed by atoms with van der Waals surface area (Å²) in [5.41, 5.74) is 0. The lowest BCUT2D eigenvalue weighted by Gasteiger charge is -2.13. The molecular formula is C9H22N2O3S2. The van der Waals surface area contributed by atoms with Crippen molar-refractivity contribution in [3.05, 3.63) is 0 Å². The standard InChI is InChI=1S/C9H22N2O3S2/c1-4-10-6-8-16(13,14)11-9(2)5-7-15(3)12/h9-11H,4-8H2,1-3H3. The lowest BCUT2D eigenvalue weighted by atomic mass is 10.3. The van der Waals surface area contributed by atoms with Gasteiger partial charge in [0.2, 0.25) is 10.0 Å². The van der Waals surface area contributed by atoms with Crippen LogP contribution in [-0.4, -0.2) is 49.5 Å². The average Bonchev–Trinajstić information content (AvgIpc) is 2.14. The maximum Gasteiger partial charge on any atom is 0.213 e. The summed E-state index contributed by atoms with van der Waals surface area (Å²) in [5, 5.41) is 2.96. The Bertz CT molecular complexity index is 304. The van der Waals surface area contributed by atoms with Gasteiger partial charge in [-0.25, -0.2) is 13.1 Å². The molecule has 0 radical (unpaired) electrons. The van der Waals surface area contributed by atoms with Gasteiger partial charge in [0.05, 0.1) is 5.75 Å². The van der Waals surface area contributed by atoms with Gasteiger partial charge in [-0.15, -0.1) is 0 Å². The molecule has 2 unspecified atom stereocenters. The number of hydrogen-bond acceptors (Lipinski definition) is 4. The highest BCUT2D eigenvalue weighted by Gasteiger charge is 2.13. The lowest BCUT2D eigenvalue weighted by Crippen LogP contribution is -2.37. The second-order valence-electron chi connectivity index (χ2n) is 3.76. The van der Waals surface area contributed by atoms with Crippen molar-refractivity contribution in [1.82, 2.24) is 10.0 Å². The number of hydrogen-bond donors (Lipinski definition) is 2. The Morgan fingerprint density at radius 2 is 2.00 bits per heavy atom. The summed E-state index contributed by atoms with van der Waals surface area (Å²) in [6.07, 6.45) is 2.22. The van der Waals surface area contributed by atoms with Gasteiger partial charge in [0.1, 0.15) is 0 Å². The molecule has 0 rings (SSSR count). The minimum atomic E-state index is -3.21. The molecule has 0 heterocycles. The first-order valence-corrected chi connectivity index (χ1v) is 8.76. The molecule has 0 aliphatic carbocycles. The van der Waals surface area contributed by atoms with Gasteiger partial charge in [-0.1, -0.05) is 6.92 Å². The Morgan fingerprint density at radius 3 is 2.50 bits per heavy atom. The van der Waals surface area contributed by atoms with Crippen molar-refractivity contribution in [2.75, 3.05) is 30.9 Å². The van der Waals surface area contributed by atoms with E-state index in [4.69, 9.17) is 0 Å². The van der Waals surface area contributed by atoms with Crippen molar-refractivity contribution in [2.45, 2.75) is 26.3 Å². The first kappa shape index (κ1) is 16.0. The van der Waals surface area contributed by atoms with Crippen LogP contribution >= 0.6 is 0 Å². The zero-order valence-electron chi connectivity index (χ0n) is 10.2. The molecule has 0 fully saturated rings. The van der Waals surface area contributed by atoms with Gasteiger partial charge >= 0.3 is 0 Å². The maximum atomic E-state index is 11.5. The Kier molecular flexibility index (Phi) is 8.17. The number of rotatable bonds is 9. The zero-order valence-corrected chi connectivity index (χ0v) is 11.8. The largest absolute Gasteiger partial charge is 0.316 e. The maximum absolute atomic E-state index is 11.5. The highest BCUT2D eigenvalue weighted by molar-refractivity contribution is 7.89. The van der Waals surface area contributed by atoms with Crippen LogP contribution in [0, 0.1) is 0 Å². The van der Waals surface area contributed by atoms with Crippen molar-refractivity contribution in [1.29, 1.82) is 0 Å². The molecule has 16 heavy (non-hydrogen) atoms. The van der Waals surface area contributed by atoms with Crippen molar-refractivity contribution in [3.63, 3.8) is 0 Å². The third kappa shape index (κ3) is 9.26. The monoisotopic (exact) mass is 270 g/mol. The van der Waals surface area contributed by atoms with E-state index in [1.165, 1.54) is 0 Å². The van der Waals surface area contributed by atoms with Crippen LogP contribution in [0.2, 0.25) is 0 Å². The van der Waals surface area contributed by atoms with Gasteiger partial charge in [0.15, 0.2) is 0 Å². The van der Waals surface area contributed by atoms with Gasteiger partial charge in [0, 0.05) is 35.4 Å². The summed E-state index contributed by atoms with van der Waals surface area (Å²) in [4.78, 5) is 0. The fourth-order valence-corrected chi connectivity index (χ4v) is 3.10. The Labute approximate surface area is 101 Å². The van der Waals surface area contributed by atoms with Crippen LogP contribution in [-0.2, 0) is 20.8 Å². The molecule has 2 N–H and O–H groups in total. The van der Waals surface area contributed by atoms with Crippen LogP contribution in [0.4, 0.5) is 0 Å². The van der Waals surface area contributed by atoms with Gasteiger partial charge < -0.3 is 5.32 Å². The third-order valence-corrected chi connectivity index (χ3v) is 4.33.